The van der Waals surface area contributed by atoms with Crippen molar-refractivity contribution < 1.29 is 9.18 Å². The Morgan fingerprint density at radius 3 is 2.32 bits per heavy atom. The van der Waals surface area contributed by atoms with Crippen LogP contribution in [0.1, 0.15) is 15.9 Å². The van der Waals surface area contributed by atoms with Crippen molar-refractivity contribution in [2.75, 3.05) is 31.1 Å². The second-order valence-corrected chi connectivity index (χ2v) is 5.63. The van der Waals surface area contributed by atoms with Gasteiger partial charge >= 0.3 is 0 Å². The highest BCUT2D eigenvalue weighted by Crippen LogP contribution is 2.20. The first kappa shape index (κ1) is 14.6. The highest BCUT2D eigenvalue weighted by molar-refractivity contribution is 5.94. The van der Waals surface area contributed by atoms with Gasteiger partial charge in [-0.05, 0) is 42.8 Å². The van der Waals surface area contributed by atoms with E-state index in [1.165, 1.54) is 6.07 Å². The predicted molar refractivity (Wildman–Crippen MR) is 85.7 cm³/mol. The van der Waals surface area contributed by atoms with Crippen LogP contribution < -0.4 is 4.90 Å². The molecular weight excluding hydrogens is 279 g/mol. The standard InChI is InChI=1S/C18H19FN2O/c1-14-11-16(19)13-17(12-14)20-7-9-21(10-8-20)18(22)15-5-3-2-4-6-15/h2-6,11-13H,7-10H2,1H3. The second kappa shape index (κ2) is 6.18. The van der Waals surface area contributed by atoms with Crippen LogP contribution >= 0.6 is 0 Å². The molecule has 2 aromatic carbocycles. The molecule has 0 radical (unpaired) electrons. The van der Waals surface area contributed by atoms with Crippen LogP contribution in [0.3, 0.4) is 0 Å². The summed E-state index contributed by atoms with van der Waals surface area (Å²) in [6.07, 6.45) is 0. The van der Waals surface area contributed by atoms with Gasteiger partial charge in [-0.15, -0.1) is 0 Å². The highest BCUT2D eigenvalue weighted by Gasteiger charge is 2.22. The minimum Gasteiger partial charge on any atom is -0.368 e. The van der Waals surface area contributed by atoms with Crippen molar-refractivity contribution in [3.05, 3.63) is 65.5 Å². The maximum Gasteiger partial charge on any atom is 0.253 e. The van der Waals surface area contributed by atoms with E-state index in [0.29, 0.717) is 13.1 Å². The minimum atomic E-state index is -0.210. The molecule has 22 heavy (non-hydrogen) atoms. The fraction of sp³-hybridized carbons (Fsp3) is 0.278. The van der Waals surface area contributed by atoms with E-state index in [1.807, 2.05) is 48.2 Å². The molecule has 0 spiro atoms. The average molecular weight is 298 g/mol. The number of nitrogens with zero attached hydrogens (tertiary/aromatic N) is 2. The molecule has 0 unspecified atom stereocenters. The first-order valence-electron chi connectivity index (χ1n) is 7.50. The lowest BCUT2D eigenvalue weighted by atomic mass is 10.1. The number of anilines is 1. The molecule has 4 heteroatoms. The monoisotopic (exact) mass is 298 g/mol. The number of hydrogen-bond donors (Lipinski definition) is 0. The lowest BCUT2D eigenvalue weighted by Crippen LogP contribution is -2.48. The molecule has 0 aromatic heterocycles. The fourth-order valence-electron chi connectivity index (χ4n) is 2.83. The highest BCUT2D eigenvalue weighted by atomic mass is 19.1. The largest absolute Gasteiger partial charge is 0.368 e. The Hall–Kier alpha value is -2.36. The molecule has 0 bridgehead atoms. The Morgan fingerprint density at radius 1 is 1.00 bits per heavy atom. The van der Waals surface area contributed by atoms with E-state index in [4.69, 9.17) is 0 Å². The number of carbonyl (C=O) groups is 1. The van der Waals surface area contributed by atoms with E-state index in [9.17, 15) is 9.18 Å². The molecule has 0 atom stereocenters. The lowest BCUT2D eigenvalue weighted by molar-refractivity contribution is 0.0746. The summed E-state index contributed by atoms with van der Waals surface area (Å²) in [5, 5.41) is 0. The van der Waals surface area contributed by atoms with Crippen LogP contribution in [-0.4, -0.2) is 37.0 Å². The van der Waals surface area contributed by atoms with Crippen LogP contribution in [0.2, 0.25) is 0 Å². The maximum absolute atomic E-state index is 13.5. The lowest BCUT2D eigenvalue weighted by Gasteiger charge is -2.36. The Bertz CT molecular complexity index is 644. The summed E-state index contributed by atoms with van der Waals surface area (Å²) < 4.78 is 13.5. The Kier molecular flexibility index (Phi) is 4.09. The summed E-state index contributed by atoms with van der Waals surface area (Å²) in [5.41, 5.74) is 2.53. The van der Waals surface area contributed by atoms with Gasteiger partial charge in [-0.3, -0.25) is 4.79 Å². The normalized spacial score (nSPS) is 15.0. The summed E-state index contributed by atoms with van der Waals surface area (Å²) in [4.78, 5) is 16.4. The number of piperazine rings is 1. The van der Waals surface area contributed by atoms with E-state index in [1.54, 1.807) is 6.07 Å². The van der Waals surface area contributed by atoms with Crippen LogP contribution in [0.4, 0.5) is 10.1 Å². The van der Waals surface area contributed by atoms with E-state index < -0.39 is 0 Å². The van der Waals surface area contributed by atoms with E-state index in [0.717, 1.165) is 29.9 Å². The Balaban J connectivity index is 1.66. The van der Waals surface area contributed by atoms with Crippen LogP contribution in [0, 0.1) is 12.7 Å². The molecule has 1 heterocycles. The SMILES string of the molecule is Cc1cc(F)cc(N2CCN(C(=O)c3ccccc3)CC2)c1. The molecule has 0 saturated carbocycles. The number of aryl methyl sites for hydroxylation is 1. The molecular formula is C18H19FN2O. The number of halogens is 1. The third-order valence-electron chi connectivity index (χ3n) is 3.98. The van der Waals surface area contributed by atoms with Crippen LogP contribution in [0.5, 0.6) is 0 Å². The Morgan fingerprint density at radius 2 is 1.68 bits per heavy atom. The molecule has 3 rings (SSSR count). The van der Waals surface area contributed by atoms with Crippen molar-refractivity contribution in [2.45, 2.75) is 6.92 Å². The summed E-state index contributed by atoms with van der Waals surface area (Å²) >= 11 is 0. The maximum atomic E-state index is 13.5. The molecule has 114 valence electrons. The molecule has 1 aliphatic rings. The number of benzene rings is 2. The van der Waals surface area contributed by atoms with Gasteiger partial charge in [-0.2, -0.15) is 0 Å². The van der Waals surface area contributed by atoms with E-state index in [2.05, 4.69) is 4.90 Å². The minimum absolute atomic E-state index is 0.0654. The molecule has 1 fully saturated rings. The topological polar surface area (TPSA) is 23.6 Å². The van der Waals surface area contributed by atoms with Crippen molar-refractivity contribution >= 4 is 11.6 Å². The number of amides is 1. The Labute approximate surface area is 130 Å². The molecule has 0 aliphatic carbocycles. The van der Waals surface area contributed by atoms with Crippen molar-refractivity contribution in [3.63, 3.8) is 0 Å². The summed E-state index contributed by atoms with van der Waals surface area (Å²) in [7, 11) is 0. The van der Waals surface area contributed by atoms with Crippen molar-refractivity contribution in [1.82, 2.24) is 4.90 Å². The van der Waals surface area contributed by atoms with Gasteiger partial charge in [0.05, 0.1) is 0 Å². The van der Waals surface area contributed by atoms with Gasteiger partial charge in [-0.25, -0.2) is 4.39 Å². The molecule has 1 aliphatic heterocycles. The van der Waals surface area contributed by atoms with E-state index in [-0.39, 0.29) is 11.7 Å². The first-order valence-corrected chi connectivity index (χ1v) is 7.50. The predicted octanol–water partition coefficient (Wildman–Crippen LogP) is 3.10. The zero-order valence-corrected chi connectivity index (χ0v) is 12.6. The average Bonchev–Trinajstić information content (AvgIpc) is 2.54. The third-order valence-corrected chi connectivity index (χ3v) is 3.98. The third kappa shape index (κ3) is 3.11. The van der Waals surface area contributed by atoms with Crippen LogP contribution in [0.25, 0.3) is 0 Å². The first-order chi connectivity index (χ1) is 10.6. The van der Waals surface area contributed by atoms with Gasteiger partial charge in [0.2, 0.25) is 0 Å². The van der Waals surface area contributed by atoms with Gasteiger partial charge in [0.25, 0.3) is 5.91 Å². The zero-order chi connectivity index (χ0) is 15.5. The number of rotatable bonds is 2. The quantitative estimate of drug-likeness (QED) is 0.850. The molecule has 2 aromatic rings. The van der Waals surface area contributed by atoms with E-state index >= 15 is 0 Å². The van der Waals surface area contributed by atoms with Crippen LogP contribution in [-0.2, 0) is 0 Å². The zero-order valence-electron chi connectivity index (χ0n) is 12.6. The molecule has 1 amide bonds. The van der Waals surface area contributed by atoms with Crippen LogP contribution in [0.15, 0.2) is 48.5 Å². The summed E-state index contributed by atoms with van der Waals surface area (Å²) in [6.45, 7) is 4.65. The summed E-state index contributed by atoms with van der Waals surface area (Å²) in [6, 6.07) is 14.4. The molecule has 1 saturated heterocycles. The smallest absolute Gasteiger partial charge is 0.253 e. The molecule has 0 N–H and O–H groups in total. The number of carbonyl (C=O) groups excluding carboxylic acids is 1. The van der Waals surface area contributed by atoms with Crippen molar-refractivity contribution in [2.24, 2.45) is 0 Å². The molecule has 3 nitrogen and oxygen atoms in total. The second-order valence-electron chi connectivity index (χ2n) is 5.63. The van der Waals surface area contributed by atoms with Gasteiger partial charge in [0.15, 0.2) is 0 Å². The summed E-state index contributed by atoms with van der Waals surface area (Å²) in [5.74, 6) is -0.145. The number of hydrogen-bond acceptors (Lipinski definition) is 2. The van der Waals surface area contributed by atoms with Crippen molar-refractivity contribution in [1.29, 1.82) is 0 Å². The van der Waals surface area contributed by atoms with Gasteiger partial charge in [0, 0.05) is 37.4 Å². The van der Waals surface area contributed by atoms with Gasteiger partial charge in [0.1, 0.15) is 5.82 Å². The van der Waals surface area contributed by atoms with Gasteiger partial charge in [-0.1, -0.05) is 18.2 Å². The van der Waals surface area contributed by atoms with Gasteiger partial charge < -0.3 is 9.80 Å². The van der Waals surface area contributed by atoms with Crippen molar-refractivity contribution in [3.8, 4) is 0 Å². The fourth-order valence-corrected chi connectivity index (χ4v) is 2.83.